The highest BCUT2D eigenvalue weighted by molar-refractivity contribution is 9.10. The number of hydrogen-bond acceptors (Lipinski definition) is 4. The molecule has 0 unspecified atom stereocenters. The largest absolute Gasteiger partial charge is 0.492 e. The van der Waals surface area contributed by atoms with Gasteiger partial charge in [0, 0.05) is 16.6 Å². The highest BCUT2D eigenvalue weighted by atomic mass is 79.9. The van der Waals surface area contributed by atoms with Gasteiger partial charge in [-0.1, -0.05) is 15.9 Å². The second kappa shape index (κ2) is 6.22. The number of nitrogens with zero attached hydrogens (tertiary/aromatic N) is 2. The third kappa shape index (κ3) is 3.70. The molecule has 104 valence electrons. The Morgan fingerprint density at radius 2 is 2.00 bits per heavy atom. The van der Waals surface area contributed by atoms with Gasteiger partial charge >= 0.3 is 0 Å². The normalized spacial score (nSPS) is 14.1. The number of hydrogen-bond donors (Lipinski definition) is 1. The number of aromatic nitrogens is 2. The zero-order valence-corrected chi connectivity index (χ0v) is 12.6. The molecule has 0 saturated heterocycles. The van der Waals surface area contributed by atoms with E-state index in [1.165, 1.54) is 12.8 Å². The Hall–Kier alpha value is -1.62. The quantitative estimate of drug-likeness (QED) is 0.820. The molecule has 1 fully saturated rings. The fourth-order valence-corrected chi connectivity index (χ4v) is 2.15. The van der Waals surface area contributed by atoms with E-state index in [1.807, 2.05) is 36.5 Å². The van der Waals surface area contributed by atoms with E-state index in [0.717, 1.165) is 28.4 Å². The van der Waals surface area contributed by atoms with Crippen molar-refractivity contribution < 1.29 is 4.74 Å². The number of anilines is 1. The van der Waals surface area contributed by atoms with E-state index in [1.54, 1.807) is 0 Å². The lowest BCUT2D eigenvalue weighted by Gasteiger charge is -2.08. The van der Waals surface area contributed by atoms with Crippen LogP contribution in [0.2, 0.25) is 0 Å². The van der Waals surface area contributed by atoms with Gasteiger partial charge in [-0.2, -0.15) is 0 Å². The highest BCUT2D eigenvalue weighted by Gasteiger charge is 2.26. The Morgan fingerprint density at radius 1 is 1.20 bits per heavy atom. The minimum absolute atomic E-state index is 0.579. The lowest BCUT2D eigenvalue weighted by molar-refractivity contribution is 0.332. The summed E-state index contributed by atoms with van der Waals surface area (Å²) < 4.78 is 6.70. The van der Waals surface area contributed by atoms with E-state index in [-0.39, 0.29) is 0 Å². The van der Waals surface area contributed by atoms with Crippen LogP contribution in [0.4, 0.5) is 5.82 Å². The van der Waals surface area contributed by atoms with Crippen molar-refractivity contribution in [1.29, 1.82) is 0 Å². The monoisotopic (exact) mass is 333 g/mol. The summed E-state index contributed by atoms with van der Waals surface area (Å²) in [4.78, 5) is 8.81. The van der Waals surface area contributed by atoms with Gasteiger partial charge in [0.2, 0.25) is 0 Å². The Morgan fingerprint density at radius 3 is 2.75 bits per heavy atom. The lowest BCUT2D eigenvalue weighted by Crippen LogP contribution is -2.12. The summed E-state index contributed by atoms with van der Waals surface area (Å²) in [6, 6.07) is 9.72. The van der Waals surface area contributed by atoms with E-state index >= 15 is 0 Å². The molecule has 20 heavy (non-hydrogen) atoms. The van der Waals surface area contributed by atoms with Crippen molar-refractivity contribution in [3.8, 4) is 5.75 Å². The molecule has 0 radical (unpaired) electrons. The maximum Gasteiger partial charge on any atom is 0.133 e. The van der Waals surface area contributed by atoms with Crippen LogP contribution >= 0.6 is 15.9 Å². The fourth-order valence-electron chi connectivity index (χ4n) is 1.89. The van der Waals surface area contributed by atoms with Crippen LogP contribution in [0.3, 0.4) is 0 Å². The van der Waals surface area contributed by atoms with Crippen LogP contribution in [0, 0.1) is 0 Å². The van der Waals surface area contributed by atoms with Crippen molar-refractivity contribution in [3.63, 3.8) is 0 Å². The van der Waals surface area contributed by atoms with Crippen LogP contribution in [0.5, 0.6) is 5.75 Å². The first-order valence-electron chi connectivity index (χ1n) is 6.76. The van der Waals surface area contributed by atoms with Crippen molar-refractivity contribution in [1.82, 2.24) is 9.97 Å². The number of ether oxygens (including phenoxy) is 1. The Balaban J connectivity index is 1.45. The van der Waals surface area contributed by atoms with E-state index in [4.69, 9.17) is 4.74 Å². The van der Waals surface area contributed by atoms with Gasteiger partial charge in [-0.15, -0.1) is 0 Å². The van der Waals surface area contributed by atoms with Crippen LogP contribution in [-0.4, -0.2) is 23.1 Å². The minimum atomic E-state index is 0.579. The van der Waals surface area contributed by atoms with Crippen molar-refractivity contribution in [2.75, 3.05) is 18.5 Å². The minimum Gasteiger partial charge on any atom is -0.492 e. The molecule has 0 amide bonds. The van der Waals surface area contributed by atoms with E-state index < -0.39 is 0 Å². The predicted molar refractivity (Wildman–Crippen MR) is 82.1 cm³/mol. The average molecular weight is 334 g/mol. The zero-order valence-electron chi connectivity index (χ0n) is 11.1. The Labute approximate surface area is 126 Å². The second-order valence-electron chi connectivity index (χ2n) is 4.80. The molecule has 1 saturated carbocycles. The Kier molecular flexibility index (Phi) is 4.16. The summed E-state index contributed by atoms with van der Waals surface area (Å²) >= 11 is 3.40. The molecule has 1 aliphatic carbocycles. The van der Waals surface area contributed by atoms with E-state index in [9.17, 15) is 0 Å². The summed E-state index contributed by atoms with van der Waals surface area (Å²) in [5, 5.41) is 3.26. The van der Waals surface area contributed by atoms with Crippen molar-refractivity contribution in [3.05, 3.63) is 46.8 Å². The van der Waals surface area contributed by atoms with Gasteiger partial charge in [-0.3, -0.25) is 0 Å². The van der Waals surface area contributed by atoms with Gasteiger partial charge in [0.1, 0.15) is 24.0 Å². The standard InChI is InChI=1S/C15H16BrN3O/c16-12-3-5-13(6-4-12)20-10-9-17-14-7-8-18-15(19-14)11-1-2-11/h3-8,11H,1-2,9-10H2,(H,17,18,19). The molecule has 0 spiro atoms. The van der Waals surface area contributed by atoms with Gasteiger partial charge in [-0.05, 0) is 43.2 Å². The van der Waals surface area contributed by atoms with Gasteiger partial charge < -0.3 is 10.1 Å². The SMILES string of the molecule is Brc1ccc(OCCNc2ccnc(C3CC3)n2)cc1. The number of benzene rings is 1. The molecule has 0 atom stereocenters. The van der Waals surface area contributed by atoms with Crippen LogP contribution in [-0.2, 0) is 0 Å². The first-order valence-corrected chi connectivity index (χ1v) is 7.56. The van der Waals surface area contributed by atoms with E-state index in [2.05, 4.69) is 31.2 Å². The summed E-state index contributed by atoms with van der Waals surface area (Å²) in [5.41, 5.74) is 0. The first-order chi connectivity index (χ1) is 9.81. The molecule has 1 aliphatic rings. The van der Waals surface area contributed by atoms with Crippen LogP contribution in [0.1, 0.15) is 24.6 Å². The second-order valence-corrected chi connectivity index (χ2v) is 5.72. The van der Waals surface area contributed by atoms with Crippen LogP contribution < -0.4 is 10.1 Å². The van der Waals surface area contributed by atoms with Gasteiger partial charge in [0.25, 0.3) is 0 Å². The fraction of sp³-hybridized carbons (Fsp3) is 0.333. The third-order valence-corrected chi connectivity index (χ3v) is 3.64. The number of halogens is 1. The summed E-state index contributed by atoms with van der Waals surface area (Å²) in [6.07, 6.45) is 4.25. The van der Waals surface area contributed by atoms with Crippen molar-refractivity contribution >= 4 is 21.7 Å². The molecule has 2 aromatic rings. The maximum absolute atomic E-state index is 5.65. The Bertz CT molecular complexity index is 570. The molecule has 1 N–H and O–H groups in total. The maximum atomic E-state index is 5.65. The third-order valence-electron chi connectivity index (χ3n) is 3.11. The van der Waals surface area contributed by atoms with Crippen molar-refractivity contribution in [2.45, 2.75) is 18.8 Å². The number of rotatable bonds is 6. The average Bonchev–Trinajstić information content (AvgIpc) is 3.30. The molecule has 0 bridgehead atoms. The van der Waals surface area contributed by atoms with E-state index in [0.29, 0.717) is 12.5 Å². The zero-order chi connectivity index (χ0) is 13.8. The lowest BCUT2D eigenvalue weighted by atomic mass is 10.3. The molecular formula is C15H16BrN3O. The molecular weight excluding hydrogens is 318 g/mol. The topological polar surface area (TPSA) is 47.0 Å². The molecule has 5 heteroatoms. The smallest absolute Gasteiger partial charge is 0.133 e. The predicted octanol–water partition coefficient (Wildman–Crippen LogP) is 3.61. The summed E-state index contributed by atoms with van der Waals surface area (Å²) in [5.74, 6) is 3.29. The van der Waals surface area contributed by atoms with Gasteiger partial charge in [0.05, 0.1) is 6.54 Å². The number of nitrogens with one attached hydrogen (secondary N) is 1. The summed E-state index contributed by atoms with van der Waals surface area (Å²) in [6.45, 7) is 1.32. The van der Waals surface area contributed by atoms with Gasteiger partial charge in [-0.25, -0.2) is 9.97 Å². The molecule has 1 aromatic carbocycles. The van der Waals surface area contributed by atoms with Crippen molar-refractivity contribution in [2.24, 2.45) is 0 Å². The van der Waals surface area contributed by atoms with Crippen LogP contribution in [0.25, 0.3) is 0 Å². The molecule has 1 aromatic heterocycles. The molecule has 4 nitrogen and oxygen atoms in total. The molecule has 3 rings (SSSR count). The summed E-state index contributed by atoms with van der Waals surface area (Å²) in [7, 11) is 0. The van der Waals surface area contributed by atoms with Crippen LogP contribution in [0.15, 0.2) is 41.0 Å². The first kappa shape index (κ1) is 13.4. The molecule has 0 aliphatic heterocycles. The highest BCUT2D eigenvalue weighted by Crippen LogP contribution is 2.37. The molecule has 1 heterocycles. The van der Waals surface area contributed by atoms with Gasteiger partial charge in [0.15, 0.2) is 0 Å².